The maximum absolute atomic E-state index is 12.4. The number of benzene rings is 1. The van der Waals surface area contributed by atoms with E-state index in [0.29, 0.717) is 21.7 Å². The standard InChI is InChI=1S/C12H12Br2N2O4S/c1-19-9-3-7(13)2-8(4-9)16-21(17,18)11-5-10(6-15)20-12(11)14/h2-5,16H,6,15H2,1H3. The molecule has 21 heavy (non-hydrogen) atoms. The summed E-state index contributed by atoms with van der Waals surface area (Å²) in [6.45, 7) is 0.110. The quantitative estimate of drug-likeness (QED) is 0.746. The molecule has 0 fully saturated rings. The van der Waals surface area contributed by atoms with Gasteiger partial charge in [0.2, 0.25) is 0 Å². The van der Waals surface area contributed by atoms with Gasteiger partial charge in [-0.15, -0.1) is 0 Å². The third-order valence-electron chi connectivity index (χ3n) is 2.56. The molecule has 0 saturated heterocycles. The molecule has 2 aromatic rings. The Bertz CT molecular complexity index is 759. The van der Waals surface area contributed by atoms with E-state index >= 15 is 0 Å². The second-order valence-corrected chi connectivity index (χ2v) is 7.33. The third kappa shape index (κ3) is 3.79. The smallest absolute Gasteiger partial charge is 0.266 e. The number of methoxy groups -OCH3 is 1. The summed E-state index contributed by atoms with van der Waals surface area (Å²) in [6.07, 6.45) is 0. The maximum atomic E-state index is 12.4. The number of furan rings is 1. The van der Waals surface area contributed by atoms with E-state index in [1.807, 2.05) is 0 Å². The fourth-order valence-electron chi connectivity index (χ4n) is 1.63. The first-order chi connectivity index (χ1) is 9.85. The molecule has 0 aliphatic rings. The average Bonchev–Trinajstić information content (AvgIpc) is 2.79. The van der Waals surface area contributed by atoms with E-state index in [2.05, 4.69) is 36.6 Å². The van der Waals surface area contributed by atoms with Crippen molar-refractivity contribution in [3.05, 3.63) is 39.2 Å². The Labute approximate surface area is 139 Å². The highest BCUT2D eigenvalue weighted by Crippen LogP contribution is 2.30. The minimum absolute atomic E-state index is 0.0121. The van der Waals surface area contributed by atoms with Gasteiger partial charge in [-0.05, 0) is 28.1 Å². The van der Waals surface area contributed by atoms with Gasteiger partial charge in [0, 0.05) is 16.6 Å². The highest BCUT2D eigenvalue weighted by molar-refractivity contribution is 9.10. The molecule has 0 bridgehead atoms. The summed E-state index contributed by atoms with van der Waals surface area (Å²) in [5.41, 5.74) is 5.80. The van der Waals surface area contributed by atoms with Crippen molar-refractivity contribution in [2.45, 2.75) is 11.4 Å². The molecule has 0 atom stereocenters. The number of hydrogen-bond acceptors (Lipinski definition) is 5. The first kappa shape index (κ1) is 16.3. The zero-order valence-corrected chi connectivity index (χ0v) is 14.9. The van der Waals surface area contributed by atoms with Crippen LogP contribution >= 0.6 is 31.9 Å². The van der Waals surface area contributed by atoms with Crippen LogP contribution < -0.4 is 15.2 Å². The van der Waals surface area contributed by atoms with Crippen molar-refractivity contribution in [2.24, 2.45) is 5.73 Å². The molecule has 6 nitrogen and oxygen atoms in total. The van der Waals surface area contributed by atoms with Gasteiger partial charge in [0.25, 0.3) is 10.0 Å². The lowest BCUT2D eigenvalue weighted by Gasteiger charge is -2.09. The molecule has 0 aliphatic carbocycles. The van der Waals surface area contributed by atoms with Crippen LogP contribution in [0.3, 0.4) is 0 Å². The summed E-state index contributed by atoms with van der Waals surface area (Å²) >= 11 is 6.36. The van der Waals surface area contributed by atoms with Gasteiger partial charge < -0.3 is 14.9 Å². The predicted molar refractivity (Wildman–Crippen MR) is 85.8 cm³/mol. The molecule has 0 unspecified atom stereocenters. The van der Waals surface area contributed by atoms with Crippen LogP contribution in [0, 0.1) is 0 Å². The Morgan fingerprint density at radius 3 is 2.57 bits per heavy atom. The molecular weight excluding hydrogens is 428 g/mol. The SMILES string of the molecule is COc1cc(Br)cc(NS(=O)(=O)c2cc(CN)oc2Br)c1. The molecule has 0 radical (unpaired) electrons. The summed E-state index contributed by atoms with van der Waals surface area (Å²) in [5.74, 6) is 0.894. The predicted octanol–water partition coefficient (Wildman–Crippen LogP) is 3.07. The Balaban J connectivity index is 2.37. The topological polar surface area (TPSA) is 94.6 Å². The van der Waals surface area contributed by atoms with Gasteiger partial charge in [0.1, 0.15) is 16.4 Å². The Kier molecular flexibility index (Phi) is 4.97. The fraction of sp³-hybridized carbons (Fsp3) is 0.167. The van der Waals surface area contributed by atoms with Crippen LogP contribution in [-0.4, -0.2) is 15.5 Å². The molecule has 0 amide bonds. The van der Waals surface area contributed by atoms with E-state index in [9.17, 15) is 8.42 Å². The summed E-state index contributed by atoms with van der Waals surface area (Å²) in [7, 11) is -2.30. The summed E-state index contributed by atoms with van der Waals surface area (Å²) in [4.78, 5) is -0.0121. The van der Waals surface area contributed by atoms with Crippen LogP contribution in [0.5, 0.6) is 5.75 Å². The van der Waals surface area contributed by atoms with E-state index in [1.54, 1.807) is 18.2 Å². The second kappa shape index (κ2) is 6.39. The Hall–Kier alpha value is -1.03. The van der Waals surface area contributed by atoms with Crippen molar-refractivity contribution in [1.29, 1.82) is 0 Å². The number of nitrogens with two attached hydrogens (primary N) is 1. The summed E-state index contributed by atoms with van der Waals surface area (Å²) in [5, 5.41) is 0. The molecule has 1 aromatic carbocycles. The van der Waals surface area contributed by atoms with Gasteiger partial charge in [0.15, 0.2) is 4.67 Å². The van der Waals surface area contributed by atoms with Crippen molar-refractivity contribution in [3.63, 3.8) is 0 Å². The molecule has 9 heteroatoms. The van der Waals surface area contributed by atoms with Gasteiger partial charge in [0.05, 0.1) is 19.3 Å². The number of nitrogens with one attached hydrogen (secondary N) is 1. The molecule has 0 aliphatic heterocycles. The lowest BCUT2D eigenvalue weighted by atomic mass is 10.3. The zero-order valence-electron chi connectivity index (χ0n) is 10.9. The molecule has 114 valence electrons. The number of sulfonamides is 1. The summed E-state index contributed by atoms with van der Waals surface area (Å²) < 4.78 is 38.3. The lowest BCUT2D eigenvalue weighted by molar-refractivity contribution is 0.415. The van der Waals surface area contributed by atoms with Crippen molar-refractivity contribution >= 4 is 47.6 Å². The Morgan fingerprint density at radius 1 is 1.29 bits per heavy atom. The Morgan fingerprint density at radius 2 is 2.00 bits per heavy atom. The van der Waals surface area contributed by atoms with E-state index < -0.39 is 10.0 Å². The van der Waals surface area contributed by atoms with E-state index in [0.717, 1.165) is 0 Å². The first-order valence-electron chi connectivity index (χ1n) is 5.71. The number of anilines is 1. The van der Waals surface area contributed by atoms with E-state index in [4.69, 9.17) is 14.9 Å². The molecule has 2 rings (SSSR count). The van der Waals surface area contributed by atoms with Gasteiger partial charge in [-0.2, -0.15) is 0 Å². The molecule has 0 saturated carbocycles. The number of rotatable bonds is 5. The van der Waals surface area contributed by atoms with Gasteiger partial charge in [-0.25, -0.2) is 8.42 Å². The van der Waals surface area contributed by atoms with Crippen molar-refractivity contribution in [1.82, 2.24) is 0 Å². The number of hydrogen-bond donors (Lipinski definition) is 2. The van der Waals surface area contributed by atoms with Crippen LogP contribution in [0.4, 0.5) is 5.69 Å². The molecule has 1 aromatic heterocycles. The molecule has 1 heterocycles. The van der Waals surface area contributed by atoms with Crippen molar-refractivity contribution < 1.29 is 17.6 Å². The average molecular weight is 440 g/mol. The highest BCUT2D eigenvalue weighted by atomic mass is 79.9. The second-order valence-electron chi connectivity index (χ2n) is 4.04. The van der Waals surface area contributed by atoms with Crippen LogP contribution in [0.25, 0.3) is 0 Å². The van der Waals surface area contributed by atoms with Crippen LogP contribution in [0.1, 0.15) is 5.76 Å². The van der Waals surface area contributed by atoms with Gasteiger partial charge in [-0.3, -0.25) is 4.72 Å². The minimum atomic E-state index is -3.80. The largest absolute Gasteiger partial charge is 0.497 e. The normalized spacial score (nSPS) is 11.4. The molecule has 3 N–H and O–H groups in total. The lowest BCUT2D eigenvalue weighted by Crippen LogP contribution is -2.12. The molecular formula is C12H12Br2N2O4S. The highest BCUT2D eigenvalue weighted by Gasteiger charge is 2.22. The van der Waals surface area contributed by atoms with Crippen LogP contribution in [-0.2, 0) is 16.6 Å². The van der Waals surface area contributed by atoms with Gasteiger partial charge >= 0.3 is 0 Å². The third-order valence-corrected chi connectivity index (χ3v) is 5.25. The first-order valence-corrected chi connectivity index (χ1v) is 8.78. The van der Waals surface area contributed by atoms with E-state index in [1.165, 1.54) is 13.2 Å². The van der Waals surface area contributed by atoms with Crippen LogP contribution in [0.15, 0.2) is 42.7 Å². The van der Waals surface area contributed by atoms with Crippen molar-refractivity contribution in [3.8, 4) is 5.75 Å². The van der Waals surface area contributed by atoms with Crippen molar-refractivity contribution in [2.75, 3.05) is 11.8 Å². The summed E-state index contributed by atoms with van der Waals surface area (Å²) in [6, 6.07) is 6.29. The minimum Gasteiger partial charge on any atom is -0.497 e. The maximum Gasteiger partial charge on any atom is 0.266 e. The zero-order chi connectivity index (χ0) is 15.6. The number of ether oxygens (including phenoxy) is 1. The van der Waals surface area contributed by atoms with Crippen LogP contribution in [0.2, 0.25) is 0 Å². The fourth-order valence-corrected chi connectivity index (χ4v) is 4.14. The monoisotopic (exact) mass is 438 g/mol. The molecule has 0 spiro atoms. The van der Waals surface area contributed by atoms with E-state index in [-0.39, 0.29) is 16.1 Å². The number of halogens is 2. The van der Waals surface area contributed by atoms with Gasteiger partial charge in [-0.1, -0.05) is 15.9 Å².